The van der Waals surface area contributed by atoms with Gasteiger partial charge in [-0.1, -0.05) is 100 Å². The topological polar surface area (TPSA) is 22.8 Å². The number of rotatable bonds is 7. The number of terminal acetylenes is 1. The standard InChI is InChI=1S/C36H41N3.2C3H6.C3H4.C2H6/c1-5-7-16-27(3)35-34(20-8-6-2)39(36(37-35)29-17-13-11-14-18-29)32-24-22-31(23-25-32)38-28(4)26-30-19-12-9-10-15-21-33(30)38;3*1-3-2;1-2/h5,7-8,11,13-14,16-18,20,22-26H,6,9-10,12,15,19,21H2,1-4H3;2*3H,1H2,2H3;1H,2H3;1-2H3/b7-5-,20-8+,27-16+;;;;. The van der Waals surface area contributed by atoms with Crippen LogP contribution >= 0.6 is 0 Å². The first kappa shape index (κ1) is 43.2. The zero-order valence-corrected chi connectivity index (χ0v) is 32.6. The highest BCUT2D eigenvalue weighted by Gasteiger charge is 2.20. The number of allylic oxidation sites excluding steroid dienone is 7. The predicted octanol–water partition coefficient (Wildman–Crippen LogP) is 13.8. The van der Waals surface area contributed by atoms with E-state index >= 15 is 0 Å². The molecule has 50 heavy (non-hydrogen) atoms. The molecule has 0 radical (unpaired) electrons. The summed E-state index contributed by atoms with van der Waals surface area (Å²) in [6.45, 7) is 24.8. The second kappa shape index (κ2) is 25.2. The van der Waals surface area contributed by atoms with Crippen LogP contribution in [0.2, 0.25) is 0 Å². The van der Waals surface area contributed by atoms with E-state index < -0.39 is 0 Å². The van der Waals surface area contributed by atoms with Crippen LogP contribution in [0, 0.1) is 19.3 Å². The molecule has 3 nitrogen and oxygen atoms in total. The first-order valence-electron chi connectivity index (χ1n) is 18.3. The highest BCUT2D eigenvalue weighted by Crippen LogP contribution is 2.33. The van der Waals surface area contributed by atoms with Crippen LogP contribution in [0.5, 0.6) is 0 Å². The summed E-state index contributed by atoms with van der Waals surface area (Å²) >= 11 is 0. The molecule has 0 spiro atoms. The number of hydrogen-bond acceptors (Lipinski definition) is 1. The van der Waals surface area contributed by atoms with Gasteiger partial charge in [0.2, 0.25) is 0 Å². The third-order valence-corrected chi connectivity index (χ3v) is 7.72. The maximum Gasteiger partial charge on any atom is 0.145 e. The largest absolute Gasteiger partial charge is 0.318 e. The molecule has 0 amide bonds. The molecule has 0 aliphatic heterocycles. The van der Waals surface area contributed by atoms with Gasteiger partial charge in [0.25, 0.3) is 0 Å². The summed E-state index contributed by atoms with van der Waals surface area (Å²) in [7, 11) is 0. The smallest absolute Gasteiger partial charge is 0.145 e. The second-order valence-corrected chi connectivity index (χ2v) is 11.7. The predicted molar refractivity (Wildman–Crippen MR) is 224 cm³/mol. The molecule has 1 aliphatic carbocycles. The third-order valence-electron chi connectivity index (χ3n) is 7.72. The van der Waals surface area contributed by atoms with Crippen molar-refractivity contribution < 1.29 is 0 Å². The fourth-order valence-corrected chi connectivity index (χ4v) is 5.79. The monoisotopic (exact) mass is 670 g/mol. The Hall–Kier alpha value is -4.81. The molecule has 2 aromatic carbocycles. The zero-order chi connectivity index (χ0) is 37.3. The van der Waals surface area contributed by atoms with Gasteiger partial charge in [0.1, 0.15) is 5.82 Å². The maximum atomic E-state index is 5.23. The van der Waals surface area contributed by atoms with E-state index in [1.807, 2.05) is 34.6 Å². The Morgan fingerprint density at radius 2 is 1.42 bits per heavy atom. The Morgan fingerprint density at radius 1 is 0.880 bits per heavy atom. The molecule has 0 fully saturated rings. The van der Waals surface area contributed by atoms with Crippen molar-refractivity contribution in [1.29, 1.82) is 0 Å². The van der Waals surface area contributed by atoms with Gasteiger partial charge in [-0.25, -0.2) is 4.98 Å². The molecule has 266 valence electrons. The van der Waals surface area contributed by atoms with Crippen LogP contribution in [-0.4, -0.2) is 14.1 Å². The van der Waals surface area contributed by atoms with Gasteiger partial charge in [0, 0.05) is 28.3 Å². The normalized spacial score (nSPS) is 12.2. The van der Waals surface area contributed by atoms with Crippen LogP contribution in [-0.2, 0) is 12.8 Å². The Balaban J connectivity index is 0.00000101. The molecule has 5 rings (SSSR count). The third kappa shape index (κ3) is 12.6. The summed E-state index contributed by atoms with van der Waals surface area (Å²) in [4.78, 5) is 5.23. The van der Waals surface area contributed by atoms with E-state index in [1.165, 1.54) is 54.7 Å². The molecule has 0 saturated carbocycles. The second-order valence-electron chi connectivity index (χ2n) is 11.7. The van der Waals surface area contributed by atoms with E-state index in [-0.39, 0.29) is 0 Å². The number of imidazole rings is 1. The van der Waals surface area contributed by atoms with Crippen LogP contribution in [0.1, 0.15) is 116 Å². The summed E-state index contributed by atoms with van der Waals surface area (Å²) < 4.78 is 4.81. The average molecular weight is 670 g/mol. The molecule has 0 N–H and O–H groups in total. The SMILES string of the molecule is C#CC.C/C=C\C=C(/C)c1nc(-c2ccccc2)n(-c2ccc(-n3c(C)cc4c3CCCCCC4)cc2)c1/C=C/CC.C=CC.C=CC.CC. The first-order chi connectivity index (χ1) is 24.4. The van der Waals surface area contributed by atoms with Crippen molar-refractivity contribution in [3.63, 3.8) is 0 Å². The quantitative estimate of drug-likeness (QED) is 0.109. The zero-order valence-electron chi connectivity index (χ0n) is 32.6. The van der Waals surface area contributed by atoms with Gasteiger partial charge < -0.3 is 4.57 Å². The van der Waals surface area contributed by atoms with E-state index in [2.05, 4.69) is 146 Å². The van der Waals surface area contributed by atoms with Gasteiger partial charge in [-0.2, -0.15) is 0 Å². The van der Waals surface area contributed by atoms with Crippen molar-refractivity contribution in [1.82, 2.24) is 14.1 Å². The Kier molecular flexibility index (Phi) is 21.8. The number of aryl methyl sites for hydroxylation is 2. The van der Waals surface area contributed by atoms with Crippen LogP contribution in [0.15, 0.2) is 110 Å². The van der Waals surface area contributed by atoms with Crippen molar-refractivity contribution >= 4 is 11.6 Å². The van der Waals surface area contributed by atoms with Gasteiger partial charge in [0.15, 0.2) is 0 Å². The molecule has 2 aromatic heterocycles. The highest BCUT2D eigenvalue weighted by atomic mass is 15.1. The number of aromatic nitrogens is 3. The molecule has 4 aromatic rings. The summed E-state index contributed by atoms with van der Waals surface area (Å²) in [6.07, 6.45) is 27.5. The summed E-state index contributed by atoms with van der Waals surface area (Å²) in [6, 6.07) is 22.0. The minimum Gasteiger partial charge on any atom is -0.318 e. The number of benzene rings is 2. The maximum absolute atomic E-state index is 5.23. The van der Waals surface area contributed by atoms with Gasteiger partial charge in [-0.05, 0) is 121 Å². The lowest BCUT2D eigenvalue weighted by Gasteiger charge is -2.17. The molecule has 0 bridgehead atoms. The minimum absolute atomic E-state index is 0.963. The summed E-state index contributed by atoms with van der Waals surface area (Å²) in [5.41, 5.74) is 11.1. The van der Waals surface area contributed by atoms with Crippen molar-refractivity contribution in [2.75, 3.05) is 0 Å². The van der Waals surface area contributed by atoms with Gasteiger partial charge in [-0.15, -0.1) is 25.5 Å². The average Bonchev–Trinajstić information content (AvgIpc) is 3.65. The van der Waals surface area contributed by atoms with Crippen LogP contribution in [0.25, 0.3) is 34.4 Å². The van der Waals surface area contributed by atoms with Gasteiger partial charge in [0.05, 0.1) is 11.4 Å². The number of fused-ring (bicyclic) bond motifs is 1. The lowest BCUT2D eigenvalue weighted by Crippen LogP contribution is -2.06. The van der Waals surface area contributed by atoms with E-state index in [0.29, 0.717) is 0 Å². The molecular formula is C47H63N3. The summed E-state index contributed by atoms with van der Waals surface area (Å²) in [5.74, 6) is 3.21. The lowest BCUT2D eigenvalue weighted by atomic mass is 9.99. The Labute approximate surface area is 305 Å². The fourth-order valence-electron chi connectivity index (χ4n) is 5.79. The molecular weight excluding hydrogens is 607 g/mol. The van der Waals surface area contributed by atoms with Crippen molar-refractivity contribution in [3.05, 3.63) is 139 Å². The van der Waals surface area contributed by atoms with Crippen LogP contribution in [0.4, 0.5) is 0 Å². The first-order valence-corrected chi connectivity index (χ1v) is 18.3. The number of nitrogens with zero attached hydrogens (tertiary/aromatic N) is 3. The molecule has 2 heterocycles. The Bertz CT molecular complexity index is 1670. The molecule has 1 aliphatic rings. The summed E-state index contributed by atoms with van der Waals surface area (Å²) in [5, 5.41) is 0. The molecule has 0 atom stereocenters. The molecule has 0 saturated heterocycles. The van der Waals surface area contributed by atoms with Gasteiger partial charge >= 0.3 is 0 Å². The molecule has 0 unspecified atom stereocenters. The van der Waals surface area contributed by atoms with Crippen molar-refractivity contribution in [3.8, 4) is 35.1 Å². The van der Waals surface area contributed by atoms with Crippen molar-refractivity contribution in [2.45, 2.75) is 107 Å². The molecule has 3 heteroatoms. The van der Waals surface area contributed by atoms with Gasteiger partial charge in [-0.3, -0.25) is 4.57 Å². The minimum atomic E-state index is 0.963. The fraction of sp³-hybridized carbons (Fsp3) is 0.340. The van der Waals surface area contributed by atoms with Crippen LogP contribution < -0.4 is 0 Å². The lowest BCUT2D eigenvalue weighted by molar-refractivity contribution is 0.606. The van der Waals surface area contributed by atoms with E-state index in [1.54, 1.807) is 19.1 Å². The van der Waals surface area contributed by atoms with E-state index in [9.17, 15) is 0 Å². The van der Waals surface area contributed by atoms with Crippen LogP contribution in [0.3, 0.4) is 0 Å². The van der Waals surface area contributed by atoms with E-state index in [0.717, 1.165) is 46.9 Å². The highest BCUT2D eigenvalue weighted by molar-refractivity contribution is 5.76. The number of hydrogen-bond donors (Lipinski definition) is 0. The van der Waals surface area contributed by atoms with Crippen molar-refractivity contribution in [2.24, 2.45) is 0 Å². The van der Waals surface area contributed by atoms with E-state index in [4.69, 9.17) is 4.98 Å². The Morgan fingerprint density at radius 3 is 1.96 bits per heavy atom.